The van der Waals surface area contributed by atoms with Crippen LogP contribution in [0.4, 0.5) is 0 Å². The van der Waals surface area contributed by atoms with Crippen LogP contribution in [0.2, 0.25) is 5.15 Å². The molecule has 7 nitrogen and oxygen atoms in total. The molecule has 0 aromatic carbocycles. The molecule has 8 heteroatoms. The molecular formula is C19H24ClN5O2. The second kappa shape index (κ2) is 9.23. The van der Waals surface area contributed by atoms with Crippen molar-refractivity contribution in [1.82, 2.24) is 25.5 Å². The average molecular weight is 390 g/mol. The number of rotatable bonds is 6. The molecule has 0 aliphatic carbocycles. The summed E-state index contributed by atoms with van der Waals surface area (Å²) in [5.74, 6) is -0.235. The summed E-state index contributed by atoms with van der Waals surface area (Å²) >= 11 is 6.33. The van der Waals surface area contributed by atoms with Gasteiger partial charge in [-0.2, -0.15) is 0 Å². The van der Waals surface area contributed by atoms with Gasteiger partial charge >= 0.3 is 0 Å². The van der Waals surface area contributed by atoms with Gasteiger partial charge in [-0.1, -0.05) is 11.6 Å². The highest BCUT2D eigenvalue weighted by Crippen LogP contribution is 2.28. The number of methoxy groups -OCH3 is 1. The van der Waals surface area contributed by atoms with Crippen LogP contribution in [0.3, 0.4) is 0 Å². The van der Waals surface area contributed by atoms with Crippen LogP contribution >= 0.6 is 11.6 Å². The van der Waals surface area contributed by atoms with Gasteiger partial charge in [0, 0.05) is 58.1 Å². The topological polar surface area (TPSA) is 79.4 Å². The summed E-state index contributed by atoms with van der Waals surface area (Å²) < 4.78 is 5.25. The molecule has 1 aliphatic heterocycles. The Morgan fingerprint density at radius 3 is 3.07 bits per heavy atom. The largest absolute Gasteiger partial charge is 0.383 e. The molecule has 0 bridgehead atoms. The average Bonchev–Trinajstić information content (AvgIpc) is 2.71. The van der Waals surface area contributed by atoms with Crippen molar-refractivity contribution in [3.63, 3.8) is 0 Å². The van der Waals surface area contributed by atoms with Crippen LogP contribution in [0.25, 0.3) is 11.3 Å². The summed E-state index contributed by atoms with van der Waals surface area (Å²) in [6, 6.07) is 7.68. The second-order valence-electron chi connectivity index (χ2n) is 6.37. The lowest BCUT2D eigenvalue weighted by Crippen LogP contribution is -2.47. The minimum Gasteiger partial charge on any atom is -0.383 e. The van der Waals surface area contributed by atoms with Gasteiger partial charge in [-0.15, -0.1) is 0 Å². The highest BCUT2D eigenvalue weighted by atomic mass is 35.5. The van der Waals surface area contributed by atoms with Crippen molar-refractivity contribution < 1.29 is 9.53 Å². The first-order valence-electron chi connectivity index (χ1n) is 8.92. The van der Waals surface area contributed by atoms with E-state index in [0.717, 1.165) is 43.0 Å². The van der Waals surface area contributed by atoms with E-state index in [9.17, 15) is 4.79 Å². The smallest absolute Gasteiger partial charge is 0.269 e. The lowest BCUT2D eigenvalue weighted by Gasteiger charge is -2.36. The van der Waals surface area contributed by atoms with E-state index in [1.54, 1.807) is 26.4 Å². The molecule has 1 atom stereocenters. The number of nitrogens with one attached hydrogen (secondary N) is 2. The zero-order valence-electron chi connectivity index (χ0n) is 15.5. The maximum atomic E-state index is 11.9. The van der Waals surface area contributed by atoms with Crippen LogP contribution in [0.5, 0.6) is 0 Å². The fourth-order valence-corrected chi connectivity index (χ4v) is 3.47. The number of amides is 1. The van der Waals surface area contributed by atoms with Crippen molar-refractivity contribution in [3.05, 3.63) is 46.9 Å². The van der Waals surface area contributed by atoms with Crippen molar-refractivity contribution in [2.45, 2.75) is 6.04 Å². The Morgan fingerprint density at radius 1 is 1.44 bits per heavy atom. The Bertz CT molecular complexity index is 801. The third-order valence-corrected chi connectivity index (χ3v) is 4.85. The molecule has 144 valence electrons. The summed E-state index contributed by atoms with van der Waals surface area (Å²) in [5, 5.41) is 6.46. The van der Waals surface area contributed by atoms with Crippen LogP contribution in [-0.4, -0.2) is 67.7 Å². The predicted octanol–water partition coefficient (Wildman–Crippen LogP) is 1.75. The van der Waals surface area contributed by atoms with E-state index in [4.69, 9.17) is 16.3 Å². The van der Waals surface area contributed by atoms with E-state index in [1.165, 1.54) is 0 Å². The molecule has 0 unspecified atom stereocenters. The van der Waals surface area contributed by atoms with Crippen LogP contribution in [0, 0.1) is 0 Å². The van der Waals surface area contributed by atoms with Crippen molar-refractivity contribution in [2.75, 3.05) is 46.9 Å². The van der Waals surface area contributed by atoms with Gasteiger partial charge in [0.1, 0.15) is 10.8 Å². The number of hydrogen-bond donors (Lipinski definition) is 2. The molecule has 2 aromatic heterocycles. The fraction of sp³-hybridized carbons (Fsp3) is 0.421. The Balaban J connectivity index is 1.93. The van der Waals surface area contributed by atoms with Gasteiger partial charge in [0.05, 0.1) is 12.3 Å². The normalized spacial score (nSPS) is 17.7. The fourth-order valence-electron chi connectivity index (χ4n) is 3.25. The minimum absolute atomic E-state index is 0.188. The van der Waals surface area contributed by atoms with E-state index in [-0.39, 0.29) is 11.9 Å². The number of halogens is 1. The standard InChI is InChI=1S/C19H24ClN5O2/c1-21-19(26)16-9-13(3-4-23-16)15-10-14(11-18(20)24-15)17-12-22-5-6-25(17)7-8-27-2/h3-4,9-11,17,22H,5-8,12H2,1-2H3,(H,21,26)/t17-/m1/s1. The summed E-state index contributed by atoms with van der Waals surface area (Å²) in [7, 11) is 3.29. The number of pyridine rings is 2. The first-order chi connectivity index (χ1) is 13.1. The van der Waals surface area contributed by atoms with Crippen LogP contribution in [-0.2, 0) is 4.74 Å². The second-order valence-corrected chi connectivity index (χ2v) is 6.75. The molecule has 1 fully saturated rings. The van der Waals surface area contributed by atoms with E-state index in [2.05, 4.69) is 25.5 Å². The number of hydrogen-bond acceptors (Lipinski definition) is 6. The first-order valence-corrected chi connectivity index (χ1v) is 9.30. The third kappa shape index (κ3) is 4.81. The SMILES string of the molecule is CNC(=O)c1cc(-c2cc([C@H]3CNCCN3CCOC)cc(Cl)n2)ccn1. The molecule has 3 rings (SSSR count). The van der Waals surface area contributed by atoms with Crippen molar-refractivity contribution in [1.29, 1.82) is 0 Å². The molecule has 2 aromatic rings. The maximum absolute atomic E-state index is 11.9. The number of carbonyl (C=O) groups excluding carboxylic acids is 1. The van der Waals surface area contributed by atoms with E-state index in [1.807, 2.05) is 18.2 Å². The molecule has 0 spiro atoms. The summed E-state index contributed by atoms with van der Waals surface area (Å²) in [6.45, 7) is 4.27. The van der Waals surface area contributed by atoms with Gasteiger partial charge in [-0.05, 0) is 29.8 Å². The predicted molar refractivity (Wildman–Crippen MR) is 105 cm³/mol. The Morgan fingerprint density at radius 2 is 2.30 bits per heavy atom. The summed E-state index contributed by atoms with van der Waals surface area (Å²) in [5.41, 5.74) is 2.97. The molecule has 3 heterocycles. The first kappa shape index (κ1) is 19.7. The number of aromatic nitrogens is 2. The van der Waals surface area contributed by atoms with Crippen LogP contribution in [0.15, 0.2) is 30.5 Å². The Kier molecular flexibility index (Phi) is 6.73. The van der Waals surface area contributed by atoms with Crippen LogP contribution in [0.1, 0.15) is 22.1 Å². The van der Waals surface area contributed by atoms with E-state index in [0.29, 0.717) is 17.5 Å². The molecule has 0 radical (unpaired) electrons. The maximum Gasteiger partial charge on any atom is 0.269 e. The minimum atomic E-state index is -0.235. The zero-order valence-corrected chi connectivity index (χ0v) is 16.3. The Labute approximate surface area is 164 Å². The van der Waals surface area contributed by atoms with Crippen LogP contribution < -0.4 is 10.6 Å². The molecule has 27 heavy (non-hydrogen) atoms. The monoisotopic (exact) mass is 389 g/mol. The highest BCUT2D eigenvalue weighted by molar-refractivity contribution is 6.29. The molecule has 1 aliphatic rings. The lowest BCUT2D eigenvalue weighted by atomic mass is 10.0. The summed E-state index contributed by atoms with van der Waals surface area (Å²) in [4.78, 5) is 22.8. The van der Waals surface area contributed by atoms with Gasteiger partial charge in [0.2, 0.25) is 0 Å². The number of nitrogens with zero attached hydrogens (tertiary/aromatic N) is 3. The molecule has 2 N–H and O–H groups in total. The van der Waals surface area contributed by atoms with Crippen molar-refractivity contribution in [2.24, 2.45) is 0 Å². The third-order valence-electron chi connectivity index (χ3n) is 4.65. The number of carbonyl (C=O) groups is 1. The van der Waals surface area contributed by atoms with Crippen molar-refractivity contribution in [3.8, 4) is 11.3 Å². The molecule has 0 saturated carbocycles. The Hall–Kier alpha value is -2.06. The van der Waals surface area contributed by atoms with Gasteiger partial charge in [0.25, 0.3) is 5.91 Å². The van der Waals surface area contributed by atoms with Gasteiger partial charge in [0.15, 0.2) is 0 Å². The molecule has 1 amide bonds. The number of ether oxygens (including phenoxy) is 1. The van der Waals surface area contributed by atoms with Gasteiger partial charge < -0.3 is 15.4 Å². The van der Waals surface area contributed by atoms with Gasteiger partial charge in [-0.3, -0.25) is 14.7 Å². The number of piperazine rings is 1. The summed E-state index contributed by atoms with van der Waals surface area (Å²) in [6.07, 6.45) is 1.61. The molecular weight excluding hydrogens is 366 g/mol. The molecule has 1 saturated heterocycles. The van der Waals surface area contributed by atoms with Crippen molar-refractivity contribution >= 4 is 17.5 Å². The zero-order chi connectivity index (χ0) is 19.2. The highest BCUT2D eigenvalue weighted by Gasteiger charge is 2.24. The van der Waals surface area contributed by atoms with E-state index < -0.39 is 0 Å². The lowest BCUT2D eigenvalue weighted by molar-refractivity contribution is 0.0958. The van der Waals surface area contributed by atoms with Gasteiger partial charge in [-0.25, -0.2) is 4.98 Å². The quantitative estimate of drug-likeness (QED) is 0.733. The van der Waals surface area contributed by atoms with E-state index >= 15 is 0 Å².